The number of nitrogens with one attached hydrogen (secondary N) is 1. The molecule has 0 bridgehead atoms. The van der Waals surface area contributed by atoms with E-state index in [1.54, 1.807) is 66.7 Å². The second-order valence-corrected chi connectivity index (χ2v) is 10.2. The first-order valence-corrected chi connectivity index (χ1v) is 13.3. The Morgan fingerprint density at radius 1 is 0.977 bits per heavy atom. The van der Waals surface area contributed by atoms with Gasteiger partial charge in [0.15, 0.2) is 0 Å². The second-order valence-electron chi connectivity index (χ2n) is 10.2. The first-order chi connectivity index (χ1) is 21.0. The summed E-state index contributed by atoms with van der Waals surface area (Å²) in [5, 5.41) is 19.1. The molecular formula is C32H24F3N7O2. The minimum atomic E-state index is -4.55. The van der Waals surface area contributed by atoms with Crippen LogP contribution in [0.5, 0.6) is 5.75 Å². The predicted molar refractivity (Wildman–Crippen MR) is 161 cm³/mol. The summed E-state index contributed by atoms with van der Waals surface area (Å²) >= 11 is 0. The van der Waals surface area contributed by atoms with Crippen LogP contribution in [0.2, 0.25) is 0 Å². The Kier molecular flexibility index (Phi) is 6.96. The van der Waals surface area contributed by atoms with Crippen molar-refractivity contribution >= 4 is 28.4 Å². The number of hydrogen-bond donors (Lipinski definition) is 3. The number of halogens is 3. The molecule has 6 aromatic rings. The van der Waals surface area contributed by atoms with Crippen LogP contribution in [0.25, 0.3) is 44.4 Å². The van der Waals surface area contributed by atoms with Gasteiger partial charge in [0.25, 0.3) is 5.91 Å². The maximum absolute atomic E-state index is 13.2. The fraction of sp³-hybridized carbons (Fsp3) is 0.0938. The monoisotopic (exact) mass is 595 g/mol. The van der Waals surface area contributed by atoms with Crippen molar-refractivity contribution in [1.29, 1.82) is 0 Å². The summed E-state index contributed by atoms with van der Waals surface area (Å²) < 4.78 is 41.2. The number of amides is 1. The van der Waals surface area contributed by atoms with E-state index in [4.69, 9.17) is 5.73 Å². The fourth-order valence-electron chi connectivity index (χ4n) is 4.99. The maximum Gasteiger partial charge on any atom is 0.416 e. The van der Waals surface area contributed by atoms with Gasteiger partial charge in [0.05, 0.1) is 28.5 Å². The van der Waals surface area contributed by atoms with Crippen LogP contribution < -0.4 is 11.1 Å². The lowest BCUT2D eigenvalue weighted by Gasteiger charge is -2.17. The van der Waals surface area contributed by atoms with Crippen molar-refractivity contribution < 1.29 is 23.1 Å². The molecule has 12 heteroatoms. The number of phenolic OH excluding ortho intramolecular Hbond substituents is 1. The number of aromatic hydroxyl groups is 1. The zero-order valence-electron chi connectivity index (χ0n) is 23.4. The summed E-state index contributed by atoms with van der Waals surface area (Å²) in [5.74, 6) is -0.702. The van der Waals surface area contributed by atoms with Crippen molar-refractivity contribution in [3.05, 3.63) is 102 Å². The van der Waals surface area contributed by atoms with Gasteiger partial charge in [0, 0.05) is 53.4 Å². The molecule has 0 atom stereocenters. The molecule has 0 radical (unpaired) electrons. The van der Waals surface area contributed by atoms with Crippen LogP contribution in [-0.4, -0.2) is 35.7 Å². The average Bonchev–Trinajstić information content (AvgIpc) is 3.43. The number of phenols is 1. The topological polar surface area (TPSA) is 132 Å². The number of nitrogens with zero attached hydrogens (tertiary/aromatic N) is 5. The third-order valence-electron chi connectivity index (χ3n) is 7.15. The van der Waals surface area contributed by atoms with Crippen molar-refractivity contribution in [3.8, 4) is 39.3 Å². The number of aryl methyl sites for hydroxylation is 2. The Labute approximate surface area is 248 Å². The number of benzene rings is 3. The molecule has 3 aromatic heterocycles. The number of pyridine rings is 1. The first kappa shape index (κ1) is 28.3. The van der Waals surface area contributed by atoms with Crippen LogP contribution in [0.3, 0.4) is 0 Å². The van der Waals surface area contributed by atoms with Gasteiger partial charge in [-0.05, 0) is 72.1 Å². The quantitative estimate of drug-likeness (QED) is 0.204. The third-order valence-corrected chi connectivity index (χ3v) is 7.15. The van der Waals surface area contributed by atoms with Crippen LogP contribution in [0.4, 0.5) is 24.8 Å². The summed E-state index contributed by atoms with van der Waals surface area (Å²) in [4.78, 5) is 26.2. The van der Waals surface area contributed by atoms with E-state index in [-0.39, 0.29) is 22.9 Å². The lowest BCUT2D eigenvalue weighted by atomic mass is 9.91. The molecule has 0 aliphatic carbocycles. The number of anilines is 2. The van der Waals surface area contributed by atoms with E-state index in [0.29, 0.717) is 38.9 Å². The summed E-state index contributed by atoms with van der Waals surface area (Å²) in [5.41, 5.74) is 9.71. The molecule has 0 saturated carbocycles. The van der Waals surface area contributed by atoms with Gasteiger partial charge < -0.3 is 16.2 Å². The van der Waals surface area contributed by atoms with Crippen LogP contribution in [0.15, 0.2) is 85.5 Å². The number of fused-ring (bicyclic) bond motifs is 1. The predicted octanol–water partition coefficient (Wildman–Crippen LogP) is 6.63. The lowest BCUT2D eigenvalue weighted by molar-refractivity contribution is -0.137. The molecule has 0 aliphatic rings. The number of hydrogen-bond acceptors (Lipinski definition) is 7. The Morgan fingerprint density at radius 3 is 2.55 bits per heavy atom. The van der Waals surface area contributed by atoms with E-state index >= 15 is 0 Å². The summed E-state index contributed by atoms with van der Waals surface area (Å²) in [6, 6.07) is 14.5. The maximum atomic E-state index is 13.2. The van der Waals surface area contributed by atoms with Gasteiger partial charge in [-0.3, -0.25) is 14.5 Å². The summed E-state index contributed by atoms with van der Waals surface area (Å²) in [6.45, 7) is 1.82. The zero-order valence-corrected chi connectivity index (χ0v) is 23.4. The van der Waals surface area contributed by atoms with Crippen molar-refractivity contribution in [2.24, 2.45) is 7.05 Å². The minimum Gasteiger partial charge on any atom is -0.507 e. The molecule has 6 rings (SSSR count). The highest BCUT2D eigenvalue weighted by Crippen LogP contribution is 2.44. The zero-order chi connectivity index (χ0) is 31.2. The first-order valence-electron chi connectivity index (χ1n) is 13.3. The molecule has 0 unspecified atom stereocenters. The van der Waals surface area contributed by atoms with Crippen LogP contribution >= 0.6 is 0 Å². The van der Waals surface area contributed by atoms with Gasteiger partial charge in [-0.2, -0.15) is 18.3 Å². The molecule has 4 N–H and O–H groups in total. The second kappa shape index (κ2) is 10.8. The molecule has 0 fully saturated rings. The lowest BCUT2D eigenvalue weighted by Crippen LogP contribution is -2.13. The number of alkyl halides is 3. The third kappa shape index (κ3) is 5.40. The molecule has 0 spiro atoms. The number of carbonyl (C=O) groups excluding carboxylic acids is 1. The SMILES string of the molecule is Cc1ccc(C(=O)Nc2cccc(C(F)(F)F)c2)cc1-c1cc2cnc(N)nc2c(-c2ccnc(-c3cnn(C)c3)c2)c1O. The van der Waals surface area contributed by atoms with E-state index < -0.39 is 17.6 Å². The number of rotatable bonds is 5. The normalized spacial score (nSPS) is 11.6. The van der Waals surface area contributed by atoms with E-state index in [1.807, 2.05) is 13.1 Å². The molecule has 44 heavy (non-hydrogen) atoms. The molecular weight excluding hydrogens is 571 g/mol. The number of carbonyl (C=O) groups is 1. The Hall–Kier alpha value is -5.78. The highest BCUT2D eigenvalue weighted by atomic mass is 19.4. The van der Waals surface area contributed by atoms with E-state index in [9.17, 15) is 23.1 Å². The van der Waals surface area contributed by atoms with Crippen molar-refractivity contribution in [2.75, 3.05) is 11.1 Å². The van der Waals surface area contributed by atoms with E-state index in [0.717, 1.165) is 23.3 Å². The molecule has 0 saturated heterocycles. The van der Waals surface area contributed by atoms with Crippen molar-refractivity contribution in [2.45, 2.75) is 13.1 Å². The highest BCUT2D eigenvalue weighted by Gasteiger charge is 2.30. The van der Waals surface area contributed by atoms with Crippen molar-refractivity contribution in [3.63, 3.8) is 0 Å². The fourth-order valence-corrected chi connectivity index (χ4v) is 4.99. The van der Waals surface area contributed by atoms with E-state index in [1.165, 1.54) is 12.1 Å². The van der Waals surface area contributed by atoms with Gasteiger partial charge in [-0.25, -0.2) is 9.97 Å². The summed E-state index contributed by atoms with van der Waals surface area (Å²) in [6.07, 6.45) is 2.11. The molecule has 1 amide bonds. The number of aromatic nitrogens is 5. The van der Waals surface area contributed by atoms with Crippen molar-refractivity contribution in [1.82, 2.24) is 24.7 Å². The molecule has 3 aromatic carbocycles. The van der Waals surface area contributed by atoms with Crippen LogP contribution in [-0.2, 0) is 13.2 Å². The Balaban J connectivity index is 1.46. The van der Waals surface area contributed by atoms with Gasteiger partial charge in [0.2, 0.25) is 5.95 Å². The van der Waals surface area contributed by atoms with Gasteiger partial charge >= 0.3 is 6.18 Å². The average molecular weight is 596 g/mol. The van der Waals surface area contributed by atoms with Gasteiger partial charge in [0.1, 0.15) is 5.75 Å². The summed E-state index contributed by atoms with van der Waals surface area (Å²) in [7, 11) is 1.80. The standard InChI is InChI=1S/C32H24F3N7O2/c1-17-6-7-19(30(44)40-23-5-3-4-22(13-23)32(33,34)35)10-24(17)25-11-20-14-38-31(36)41-28(20)27(29(25)43)18-8-9-37-26(12-18)21-15-39-42(2)16-21/h3-16,43H,1-2H3,(H,40,44)(H2,36,38,41). The van der Waals surface area contributed by atoms with Gasteiger partial charge in [-0.1, -0.05) is 12.1 Å². The highest BCUT2D eigenvalue weighted by molar-refractivity contribution is 6.07. The van der Waals surface area contributed by atoms with Crippen LogP contribution in [0, 0.1) is 6.92 Å². The molecule has 3 heterocycles. The largest absolute Gasteiger partial charge is 0.507 e. The smallest absolute Gasteiger partial charge is 0.416 e. The van der Waals surface area contributed by atoms with E-state index in [2.05, 4.69) is 25.4 Å². The Bertz CT molecular complexity index is 2070. The minimum absolute atomic E-state index is 0.000339. The molecule has 9 nitrogen and oxygen atoms in total. The van der Waals surface area contributed by atoms with Gasteiger partial charge in [-0.15, -0.1) is 0 Å². The Morgan fingerprint density at radius 2 is 1.80 bits per heavy atom. The van der Waals surface area contributed by atoms with Crippen LogP contribution in [0.1, 0.15) is 21.5 Å². The molecule has 0 aliphatic heterocycles. The number of nitrogens with two attached hydrogens (primary N) is 1. The number of nitrogen functional groups attached to an aromatic ring is 1. The molecule has 220 valence electrons.